The molecule has 0 aliphatic carbocycles. The van der Waals surface area contributed by atoms with E-state index in [1.165, 1.54) is 0 Å². The summed E-state index contributed by atoms with van der Waals surface area (Å²) in [5.74, 6) is 0. The molecule has 1 aromatic heterocycles. The molecule has 0 aliphatic heterocycles. The van der Waals surface area contributed by atoms with Crippen molar-refractivity contribution in [2.75, 3.05) is 6.26 Å². The summed E-state index contributed by atoms with van der Waals surface area (Å²) in [6.07, 6.45) is -0.605. The fraction of sp³-hybridized carbons (Fsp3) is 0.500. The van der Waals surface area contributed by atoms with E-state index in [0.29, 0.717) is 5.56 Å². The number of aryl methyl sites for hydroxylation is 1. The second-order valence-electron chi connectivity index (χ2n) is 2.13. The average molecular weight is 195 g/mol. The van der Waals surface area contributed by atoms with E-state index in [4.69, 9.17) is 0 Å². The predicted molar refractivity (Wildman–Crippen MR) is 38.9 cm³/mol. The smallest absolute Gasteiger partial charge is 0.164 e. The van der Waals surface area contributed by atoms with Crippen molar-refractivity contribution >= 4 is 11.8 Å². The number of hydrogen-bond donors (Lipinski definition) is 0. The number of nitrogens with zero attached hydrogens (tertiary/aromatic N) is 2. The zero-order chi connectivity index (χ0) is 9.35. The highest BCUT2D eigenvalue weighted by Gasteiger charge is 2.34. The van der Waals surface area contributed by atoms with Gasteiger partial charge in [0.1, 0.15) is 11.2 Å². The van der Waals surface area contributed by atoms with Crippen molar-refractivity contribution in [3.05, 3.63) is 11.8 Å². The monoisotopic (exact) mass is 195 g/mol. The van der Waals surface area contributed by atoms with Crippen molar-refractivity contribution in [2.24, 2.45) is 0 Å². The Kier molecular flexibility index (Phi) is 2.36. The van der Waals surface area contributed by atoms with Crippen LogP contribution in [0.5, 0.6) is 0 Å². The van der Waals surface area contributed by atoms with Gasteiger partial charge in [0.25, 0.3) is 0 Å². The van der Waals surface area contributed by atoms with E-state index in [1.54, 1.807) is 13.2 Å². The molecule has 6 heteroatoms. The van der Waals surface area contributed by atoms with Crippen LogP contribution in [0, 0.1) is 13.1 Å². The number of aromatic nitrogens is 2. The van der Waals surface area contributed by atoms with Crippen LogP contribution in [0.25, 0.3) is 0 Å². The summed E-state index contributed by atoms with van der Waals surface area (Å²) < 4.78 is 36.4. The van der Waals surface area contributed by atoms with Crippen molar-refractivity contribution in [3.8, 4) is 0 Å². The largest absolute Gasteiger partial charge is 0.505 e. The zero-order valence-electron chi connectivity index (χ0n) is 6.44. The molecule has 0 unspecified atom stereocenters. The van der Waals surface area contributed by atoms with Crippen molar-refractivity contribution in [3.63, 3.8) is 0 Å². The first-order chi connectivity index (χ1) is 5.46. The summed E-state index contributed by atoms with van der Waals surface area (Å²) in [7, 11) is 0. The number of halogens is 3. The summed E-state index contributed by atoms with van der Waals surface area (Å²) in [6, 6.07) is 0. The van der Waals surface area contributed by atoms with Crippen molar-refractivity contribution in [1.29, 1.82) is 0 Å². The molecule has 1 aromatic rings. The quantitative estimate of drug-likeness (QED) is 0.639. The molecule has 0 saturated heterocycles. The van der Waals surface area contributed by atoms with E-state index in [-0.39, 0.29) is 9.71 Å². The van der Waals surface area contributed by atoms with Gasteiger partial charge in [0, 0.05) is 5.56 Å². The molecular formula is C6H6F3N2S. The van der Waals surface area contributed by atoms with E-state index in [9.17, 15) is 13.2 Å². The van der Waals surface area contributed by atoms with E-state index >= 15 is 0 Å². The summed E-state index contributed by atoms with van der Waals surface area (Å²) in [6.45, 7) is 1.54. The molecule has 0 atom stereocenters. The molecule has 1 radical (unpaired) electrons. The minimum absolute atomic E-state index is 0.0208. The van der Waals surface area contributed by atoms with E-state index in [2.05, 4.69) is 11.3 Å². The van der Waals surface area contributed by atoms with Gasteiger partial charge in [0.2, 0.25) is 0 Å². The molecule has 0 bridgehead atoms. The first-order valence-electron chi connectivity index (χ1n) is 3.05. The Morgan fingerprint density at radius 1 is 1.50 bits per heavy atom. The van der Waals surface area contributed by atoms with E-state index < -0.39 is 6.30 Å². The maximum absolute atomic E-state index is 12.1. The predicted octanol–water partition coefficient (Wildman–Crippen LogP) is 2.19. The Bertz CT molecular complexity index is 279. The standard InChI is InChI=1S/C6H6F3N2S/c1-4-3-10-11(5(4)12-2)6(7,8)9/h1-2H3. The lowest BCUT2D eigenvalue weighted by molar-refractivity contribution is -0.217. The molecular weight excluding hydrogens is 189 g/mol. The lowest BCUT2D eigenvalue weighted by atomic mass is 10.4. The Labute approximate surface area is 71.8 Å². The molecule has 1 heterocycles. The van der Waals surface area contributed by atoms with Crippen LogP contribution in [-0.4, -0.2) is 16.0 Å². The van der Waals surface area contributed by atoms with Crippen LogP contribution in [0.2, 0.25) is 0 Å². The average Bonchev–Trinajstić information content (AvgIpc) is 2.29. The van der Waals surface area contributed by atoms with Gasteiger partial charge < -0.3 is 0 Å². The molecule has 0 spiro atoms. The molecule has 0 aromatic carbocycles. The second kappa shape index (κ2) is 3.01. The lowest BCUT2D eigenvalue weighted by Crippen LogP contribution is -2.19. The van der Waals surface area contributed by atoms with Crippen LogP contribution < -0.4 is 0 Å². The highest BCUT2D eigenvalue weighted by atomic mass is 32.2. The third kappa shape index (κ3) is 1.57. The van der Waals surface area contributed by atoms with Crippen LogP contribution in [0.4, 0.5) is 13.2 Å². The molecule has 1 rings (SSSR count). The van der Waals surface area contributed by atoms with Crippen molar-refractivity contribution < 1.29 is 13.2 Å². The lowest BCUT2D eigenvalue weighted by Gasteiger charge is -2.08. The second-order valence-corrected chi connectivity index (χ2v) is 2.92. The molecule has 0 N–H and O–H groups in total. The van der Waals surface area contributed by atoms with Crippen molar-refractivity contribution in [2.45, 2.75) is 18.2 Å². The summed E-state index contributed by atoms with van der Waals surface area (Å²) in [5, 5.41) is 3.19. The van der Waals surface area contributed by atoms with Gasteiger partial charge in [0.05, 0.1) is 0 Å². The van der Waals surface area contributed by atoms with Gasteiger partial charge in [-0.15, -0.1) is 24.9 Å². The molecule has 0 aliphatic rings. The third-order valence-electron chi connectivity index (χ3n) is 1.26. The van der Waals surface area contributed by atoms with E-state index in [1.807, 2.05) is 0 Å². The zero-order valence-corrected chi connectivity index (χ0v) is 7.25. The molecule has 0 amide bonds. The summed E-state index contributed by atoms with van der Waals surface area (Å²) in [5.41, 5.74) is 0.417. The topological polar surface area (TPSA) is 17.8 Å². The maximum Gasteiger partial charge on any atom is 0.505 e. The van der Waals surface area contributed by atoms with Gasteiger partial charge >= 0.3 is 6.30 Å². The molecule has 12 heavy (non-hydrogen) atoms. The minimum Gasteiger partial charge on any atom is -0.164 e. The van der Waals surface area contributed by atoms with Gasteiger partial charge in [-0.1, -0.05) is 0 Å². The third-order valence-corrected chi connectivity index (χ3v) is 2.13. The Morgan fingerprint density at radius 3 is 2.42 bits per heavy atom. The Morgan fingerprint density at radius 2 is 2.08 bits per heavy atom. The van der Waals surface area contributed by atoms with Gasteiger partial charge in [-0.05, 0) is 13.2 Å². The Hall–Kier alpha value is -0.650. The Balaban J connectivity index is 3.16. The number of hydrogen-bond acceptors (Lipinski definition) is 2. The van der Waals surface area contributed by atoms with Crippen LogP contribution in [0.15, 0.2) is 5.03 Å². The maximum atomic E-state index is 12.1. The first-order valence-corrected chi connectivity index (χ1v) is 4.27. The highest BCUT2D eigenvalue weighted by Crippen LogP contribution is 2.29. The highest BCUT2D eigenvalue weighted by molar-refractivity contribution is 7.98. The van der Waals surface area contributed by atoms with Gasteiger partial charge in [0.15, 0.2) is 0 Å². The summed E-state index contributed by atoms with van der Waals surface area (Å²) >= 11 is 1.00. The number of alkyl halides is 3. The molecule has 2 nitrogen and oxygen atoms in total. The van der Waals surface area contributed by atoms with Crippen LogP contribution >= 0.6 is 11.8 Å². The fourth-order valence-corrected chi connectivity index (χ4v) is 1.46. The molecule has 67 valence electrons. The van der Waals surface area contributed by atoms with E-state index in [0.717, 1.165) is 11.8 Å². The number of rotatable bonds is 1. The first kappa shape index (κ1) is 9.44. The molecule has 0 saturated carbocycles. The fourth-order valence-electron chi connectivity index (χ4n) is 0.788. The SMILES string of the molecule is CSc1c(C)[c]nn1C(F)(F)F. The van der Waals surface area contributed by atoms with Gasteiger partial charge in [-0.3, -0.25) is 0 Å². The summed E-state index contributed by atoms with van der Waals surface area (Å²) in [4.78, 5) is 0. The number of thioether (sulfide) groups is 1. The van der Waals surface area contributed by atoms with Crippen LogP contribution in [0.1, 0.15) is 5.56 Å². The van der Waals surface area contributed by atoms with Gasteiger partial charge in [-0.2, -0.15) is 9.78 Å². The van der Waals surface area contributed by atoms with Crippen LogP contribution in [0.3, 0.4) is 0 Å². The van der Waals surface area contributed by atoms with Crippen molar-refractivity contribution in [1.82, 2.24) is 9.78 Å². The normalized spacial score (nSPS) is 12.1. The molecule has 0 fully saturated rings. The minimum atomic E-state index is -4.44. The van der Waals surface area contributed by atoms with Gasteiger partial charge in [-0.25, -0.2) is 0 Å². The van der Waals surface area contributed by atoms with Crippen LogP contribution in [-0.2, 0) is 6.30 Å².